The number of halogens is 3. The second kappa shape index (κ2) is 18.2. The largest absolute Gasteiger partial charge is 0.481 e. The lowest BCUT2D eigenvalue weighted by atomic mass is 10.0. The molecule has 6 nitrogen and oxygen atoms in total. The van der Waals surface area contributed by atoms with Crippen molar-refractivity contribution in [1.82, 2.24) is 0 Å². The van der Waals surface area contributed by atoms with Gasteiger partial charge in [-0.2, -0.15) is 0 Å². The molecule has 3 aromatic rings. The summed E-state index contributed by atoms with van der Waals surface area (Å²) in [6, 6.07) is 21.2. The first kappa shape index (κ1) is 34.9. The SMILES string of the molecule is CC(=O)O.CN(C)c1ccc(Cc2ccc(N(C)C)cc2Br)c(Br)c1.CN(C)c1cccc(Br)c1.CO. The van der Waals surface area contributed by atoms with Crippen molar-refractivity contribution in [2.45, 2.75) is 13.3 Å². The molecule has 0 spiro atoms. The van der Waals surface area contributed by atoms with E-state index in [-0.39, 0.29) is 0 Å². The number of benzene rings is 3. The molecule has 204 valence electrons. The molecule has 0 saturated carbocycles. The molecule has 0 fully saturated rings. The normalized spacial score (nSPS) is 9.41. The van der Waals surface area contributed by atoms with Gasteiger partial charge in [0.15, 0.2) is 0 Å². The Balaban J connectivity index is 0.000000671. The quantitative estimate of drug-likeness (QED) is 0.295. The minimum absolute atomic E-state index is 0.833. The number of carbonyl (C=O) groups is 1. The van der Waals surface area contributed by atoms with Crippen molar-refractivity contribution in [2.24, 2.45) is 0 Å². The van der Waals surface area contributed by atoms with Crippen molar-refractivity contribution < 1.29 is 15.0 Å². The maximum absolute atomic E-state index is 9.00. The van der Waals surface area contributed by atoms with Gasteiger partial charge in [-0.05, 0) is 60.0 Å². The Labute approximate surface area is 247 Å². The highest BCUT2D eigenvalue weighted by atomic mass is 79.9. The molecule has 0 unspecified atom stereocenters. The summed E-state index contributed by atoms with van der Waals surface area (Å²) in [6.45, 7) is 1.08. The van der Waals surface area contributed by atoms with Gasteiger partial charge in [0.1, 0.15) is 0 Å². The highest BCUT2D eigenvalue weighted by Gasteiger charge is 2.08. The van der Waals surface area contributed by atoms with E-state index < -0.39 is 5.97 Å². The van der Waals surface area contributed by atoms with Gasteiger partial charge in [0, 0.05) is 86.8 Å². The number of aliphatic hydroxyl groups is 1. The van der Waals surface area contributed by atoms with Crippen molar-refractivity contribution in [3.63, 3.8) is 0 Å². The van der Waals surface area contributed by atoms with Crippen molar-refractivity contribution in [3.05, 3.63) is 85.2 Å². The fraction of sp³-hybridized carbons (Fsp3) is 0.321. The highest BCUT2D eigenvalue weighted by molar-refractivity contribution is 9.11. The molecule has 2 N–H and O–H groups in total. The highest BCUT2D eigenvalue weighted by Crippen LogP contribution is 2.29. The Morgan fingerprint density at radius 1 is 0.676 bits per heavy atom. The third-order valence-electron chi connectivity index (χ3n) is 4.81. The van der Waals surface area contributed by atoms with Crippen LogP contribution in [0, 0.1) is 0 Å². The zero-order valence-corrected chi connectivity index (χ0v) is 27.5. The molecule has 0 bridgehead atoms. The molecule has 9 heteroatoms. The molecule has 3 rings (SSSR count). The molecular weight excluding hydrogens is 666 g/mol. The predicted molar refractivity (Wildman–Crippen MR) is 170 cm³/mol. The van der Waals surface area contributed by atoms with Crippen LogP contribution in [0.25, 0.3) is 0 Å². The van der Waals surface area contributed by atoms with Crippen LogP contribution in [-0.2, 0) is 11.2 Å². The molecular formula is C28H38Br3N3O3. The number of anilines is 3. The molecule has 0 amide bonds. The summed E-state index contributed by atoms with van der Waals surface area (Å²) >= 11 is 10.8. The number of aliphatic carboxylic acids is 1. The molecule has 0 aliphatic heterocycles. The summed E-state index contributed by atoms with van der Waals surface area (Å²) in [5.41, 5.74) is 6.20. The Morgan fingerprint density at radius 3 is 1.30 bits per heavy atom. The van der Waals surface area contributed by atoms with Gasteiger partial charge in [-0.1, -0.05) is 66.0 Å². The molecule has 0 aromatic heterocycles. The van der Waals surface area contributed by atoms with Crippen LogP contribution in [0.2, 0.25) is 0 Å². The van der Waals surface area contributed by atoms with E-state index >= 15 is 0 Å². The van der Waals surface area contributed by atoms with E-state index in [1.165, 1.54) is 28.2 Å². The maximum atomic E-state index is 9.00. The van der Waals surface area contributed by atoms with Gasteiger partial charge >= 0.3 is 0 Å². The summed E-state index contributed by atoms with van der Waals surface area (Å²) in [6.07, 6.45) is 0.905. The van der Waals surface area contributed by atoms with E-state index in [4.69, 9.17) is 15.0 Å². The zero-order chi connectivity index (χ0) is 28.7. The zero-order valence-electron chi connectivity index (χ0n) is 22.8. The minimum Gasteiger partial charge on any atom is -0.481 e. The summed E-state index contributed by atoms with van der Waals surface area (Å²) in [4.78, 5) is 15.3. The van der Waals surface area contributed by atoms with Gasteiger partial charge in [0.25, 0.3) is 5.97 Å². The minimum atomic E-state index is -0.833. The Hall–Kier alpha value is -2.07. The summed E-state index contributed by atoms with van der Waals surface area (Å²) in [7, 11) is 13.3. The molecule has 0 radical (unpaired) electrons. The number of carboxylic acids is 1. The van der Waals surface area contributed by atoms with E-state index in [0.29, 0.717) is 0 Å². The first-order chi connectivity index (χ1) is 17.3. The smallest absolute Gasteiger partial charge is 0.300 e. The van der Waals surface area contributed by atoms with Crippen LogP contribution in [0.5, 0.6) is 0 Å². The summed E-state index contributed by atoms with van der Waals surface area (Å²) < 4.78 is 3.42. The topological polar surface area (TPSA) is 67.2 Å². The fourth-order valence-corrected chi connectivity index (χ4v) is 4.28. The Bertz CT molecular complexity index is 1050. The average molecular weight is 704 g/mol. The molecule has 0 heterocycles. The number of carboxylic acid groups (broad SMARTS) is 1. The summed E-state index contributed by atoms with van der Waals surface area (Å²) in [5, 5.41) is 14.4. The van der Waals surface area contributed by atoms with E-state index in [9.17, 15) is 0 Å². The molecule has 0 atom stereocenters. The number of aliphatic hydroxyl groups excluding tert-OH is 1. The maximum Gasteiger partial charge on any atom is 0.300 e. The Morgan fingerprint density at radius 2 is 1.03 bits per heavy atom. The van der Waals surface area contributed by atoms with E-state index in [0.717, 1.165) is 33.9 Å². The lowest BCUT2D eigenvalue weighted by molar-refractivity contribution is -0.134. The van der Waals surface area contributed by atoms with Gasteiger partial charge in [-0.15, -0.1) is 0 Å². The van der Waals surface area contributed by atoms with E-state index in [2.05, 4.69) is 139 Å². The van der Waals surface area contributed by atoms with E-state index in [1.54, 1.807) is 0 Å². The first-order valence-electron chi connectivity index (χ1n) is 11.3. The second-order valence-corrected chi connectivity index (χ2v) is 11.0. The lowest BCUT2D eigenvalue weighted by Crippen LogP contribution is -2.09. The monoisotopic (exact) mass is 701 g/mol. The van der Waals surface area contributed by atoms with Gasteiger partial charge < -0.3 is 24.9 Å². The van der Waals surface area contributed by atoms with Crippen LogP contribution >= 0.6 is 47.8 Å². The van der Waals surface area contributed by atoms with Gasteiger partial charge in [0.2, 0.25) is 0 Å². The predicted octanol–water partition coefficient (Wildman–Crippen LogP) is 7.15. The van der Waals surface area contributed by atoms with E-state index in [1.807, 2.05) is 26.2 Å². The molecule has 3 aromatic carbocycles. The average Bonchev–Trinajstić information content (AvgIpc) is 2.82. The van der Waals surface area contributed by atoms with Crippen LogP contribution in [-0.4, -0.2) is 65.6 Å². The summed E-state index contributed by atoms with van der Waals surface area (Å²) in [5.74, 6) is -0.833. The molecule has 0 saturated heterocycles. The van der Waals surface area contributed by atoms with Crippen LogP contribution in [0.3, 0.4) is 0 Å². The third-order valence-corrected chi connectivity index (χ3v) is 6.78. The third kappa shape index (κ3) is 13.9. The van der Waals surface area contributed by atoms with Gasteiger partial charge in [0.05, 0.1) is 0 Å². The number of hydrogen-bond acceptors (Lipinski definition) is 5. The van der Waals surface area contributed by atoms with Crippen molar-refractivity contribution in [1.29, 1.82) is 0 Å². The second-order valence-electron chi connectivity index (χ2n) is 8.41. The van der Waals surface area contributed by atoms with Crippen LogP contribution in [0.1, 0.15) is 18.1 Å². The van der Waals surface area contributed by atoms with Crippen LogP contribution in [0.4, 0.5) is 17.1 Å². The standard InChI is InChI=1S/C17H20Br2N2.C8H10BrN.C2H4O2.CH4O/c1-20(2)14-7-5-12(16(18)10-14)9-13-6-8-15(21(3)4)11-17(13)19;1-10(2)8-5-3-4-7(9)6-8;1-2(3)4;1-2/h5-8,10-11H,9H2,1-4H3;3-6H,1-2H3;1H3,(H,3,4);2H,1H3. The fourth-order valence-electron chi connectivity index (χ4n) is 2.88. The molecule has 37 heavy (non-hydrogen) atoms. The van der Waals surface area contributed by atoms with Gasteiger partial charge in [-0.25, -0.2) is 0 Å². The van der Waals surface area contributed by atoms with Crippen LogP contribution < -0.4 is 14.7 Å². The number of rotatable bonds is 5. The van der Waals surface area contributed by atoms with Crippen molar-refractivity contribution in [2.75, 3.05) is 64.1 Å². The Kier molecular flexibility index (Phi) is 17.2. The van der Waals surface area contributed by atoms with Crippen molar-refractivity contribution >= 4 is 70.8 Å². The lowest BCUT2D eigenvalue weighted by Gasteiger charge is -2.16. The molecule has 0 aliphatic rings. The molecule has 0 aliphatic carbocycles. The number of hydrogen-bond donors (Lipinski definition) is 2. The van der Waals surface area contributed by atoms with Gasteiger partial charge in [-0.3, -0.25) is 4.79 Å². The van der Waals surface area contributed by atoms with Crippen molar-refractivity contribution in [3.8, 4) is 0 Å². The number of nitrogens with zero attached hydrogens (tertiary/aromatic N) is 3. The first-order valence-corrected chi connectivity index (χ1v) is 13.7. The van der Waals surface area contributed by atoms with Crippen LogP contribution in [0.15, 0.2) is 74.1 Å².